The molecule has 0 spiro atoms. The van der Waals surface area contributed by atoms with Gasteiger partial charge in [-0.2, -0.15) is 0 Å². The molecular weight excluding hydrogens is 789 g/mol. The van der Waals surface area contributed by atoms with Gasteiger partial charge < -0.3 is 0 Å². The molecule has 0 N–H and O–H groups in total. The van der Waals surface area contributed by atoms with E-state index in [1.54, 1.807) is 41.5 Å². The van der Waals surface area contributed by atoms with Gasteiger partial charge in [0, 0.05) is 99.7 Å². The van der Waals surface area contributed by atoms with E-state index in [0.29, 0.717) is 98.7 Å². The highest BCUT2D eigenvalue weighted by molar-refractivity contribution is 8.14. The van der Waals surface area contributed by atoms with Crippen LogP contribution in [0.25, 0.3) is 0 Å². The predicted molar refractivity (Wildman–Crippen MR) is 232 cm³/mol. The molecule has 304 valence electrons. The van der Waals surface area contributed by atoms with E-state index in [-0.39, 0.29) is 42.3 Å². The van der Waals surface area contributed by atoms with E-state index < -0.39 is 10.8 Å². The Morgan fingerprint density at radius 3 is 0.660 bits per heavy atom. The van der Waals surface area contributed by atoms with Crippen molar-refractivity contribution in [1.29, 1.82) is 0 Å². The average molecular weight is 853 g/mol. The average Bonchev–Trinajstić information content (AvgIpc) is 3.07. The molecule has 0 saturated carbocycles. The highest BCUT2D eigenvalue weighted by atomic mass is 32.2. The fourth-order valence-corrected chi connectivity index (χ4v) is 10.1. The van der Waals surface area contributed by atoms with Crippen molar-refractivity contribution in [3.8, 4) is 0 Å². The van der Waals surface area contributed by atoms with Gasteiger partial charge in [0.25, 0.3) is 0 Å². The molecule has 53 heavy (non-hydrogen) atoms. The van der Waals surface area contributed by atoms with Crippen molar-refractivity contribution in [3.63, 3.8) is 0 Å². The topological polar surface area (TPSA) is 137 Å². The van der Waals surface area contributed by atoms with Crippen LogP contribution in [0, 0.1) is 10.8 Å². The molecule has 0 aromatic heterocycles. The zero-order valence-corrected chi connectivity index (χ0v) is 37.9. The summed E-state index contributed by atoms with van der Waals surface area (Å²) >= 11 is 7.62. The standard InChI is InChI=1S/C39H64O8S6/c1-30(40)48-24-10-18-38(19-11-25-49-31(2)41,20-12-26-50-32(3)42)36(46)16-8-7-9-17-37(47)39(21-13-27-51-33(4)43,22-14-28-52-34(5)44)23-15-29-53-35(6)45/h7-29H2,1-6H3. The molecule has 0 rings (SSSR count). The Kier molecular flexibility index (Phi) is 31.2. The number of Topliss-reactive ketones (excluding diaryl/α,β-unsaturated/α-hetero) is 2. The molecule has 14 heteroatoms. The van der Waals surface area contributed by atoms with Crippen LogP contribution >= 0.6 is 70.6 Å². The zero-order valence-electron chi connectivity index (χ0n) is 33.0. The number of hydrogen-bond donors (Lipinski definition) is 0. The zero-order chi connectivity index (χ0) is 40.1. The van der Waals surface area contributed by atoms with Crippen molar-refractivity contribution in [2.24, 2.45) is 10.8 Å². The Hall–Kier alpha value is -0.540. The lowest BCUT2D eigenvalue weighted by Crippen LogP contribution is -2.33. The van der Waals surface area contributed by atoms with Gasteiger partial charge in [0.1, 0.15) is 11.6 Å². The Bertz CT molecular complexity index is 977. The van der Waals surface area contributed by atoms with Gasteiger partial charge >= 0.3 is 0 Å². The summed E-state index contributed by atoms with van der Waals surface area (Å²) in [6.07, 6.45) is 11.2. The van der Waals surface area contributed by atoms with Crippen molar-refractivity contribution < 1.29 is 38.4 Å². The number of thioether (sulfide) groups is 6. The van der Waals surface area contributed by atoms with Crippen molar-refractivity contribution in [2.75, 3.05) is 34.5 Å². The number of ketones is 2. The van der Waals surface area contributed by atoms with Crippen LogP contribution in [-0.4, -0.2) is 76.8 Å². The van der Waals surface area contributed by atoms with Crippen molar-refractivity contribution in [2.45, 2.75) is 151 Å². The molecular formula is C39H64O8S6. The van der Waals surface area contributed by atoms with E-state index in [4.69, 9.17) is 0 Å². The lowest BCUT2D eigenvalue weighted by Gasteiger charge is -2.34. The second-order valence-electron chi connectivity index (χ2n) is 13.6. The minimum atomic E-state index is -0.579. The third-order valence-corrected chi connectivity index (χ3v) is 14.5. The van der Waals surface area contributed by atoms with Gasteiger partial charge in [0.05, 0.1) is 0 Å². The Morgan fingerprint density at radius 2 is 0.491 bits per heavy atom. The van der Waals surface area contributed by atoms with Crippen molar-refractivity contribution in [1.82, 2.24) is 0 Å². The summed E-state index contributed by atoms with van der Waals surface area (Å²) in [7, 11) is 0. The Morgan fingerprint density at radius 1 is 0.302 bits per heavy atom. The molecule has 0 unspecified atom stereocenters. The second kappa shape index (κ2) is 31.5. The van der Waals surface area contributed by atoms with Crippen LogP contribution < -0.4 is 0 Å². The number of carbonyl (C=O) groups excluding carboxylic acids is 8. The maximum absolute atomic E-state index is 14.1. The molecule has 0 radical (unpaired) electrons. The Labute approximate surface area is 345 Å². The normalized spacial score (nSPS) is 11.7. The maximum atomic E-state index is 14.1. The summed E-state index contributed by atoms with van der Waals surface area (Å²) in [5, 5.41) is 0.311. The molecule has 0 fully saturated rings. The highest BCUT2D eigenvalue weighted by Gasteiger charge is 2.37. The molecule has 0 saturated heterocycles. The molecule has 0 bridgehead atoms. The predicted octanol–water partition coefficient (Wildman–Crippen LogP) is 10.4. The van der Waals surface area contributed by atoms with Gasteiger partial charge in [-0.15, -0.1) is 0 Å². The first kappa shape index (κ1) is 52.5. The summed E-state index contributed by atoms with van der Waals surface area (Å²) < 4.78 is 0. The molecule has 0 aromatic rings. The first-order valence-electron chi connectivity index (χ1n) is 18.9. The highest BCUT2D eigenvalue weighted by Crippen LogP contribution is 2.41. The largest absolute Gasteiger partial charge is 0.299 e. The molecule has 0 aliphatic carbocycles. The van der Waals surface area contributed by atoms with Gasteiger partial charge in [-0.05, 0) is 89.9 Å². The monoisotopic (exact) mass is 852 g/mol. The smallest absolute Gasteiger partial charge is 0.185 e. The van der Waals surface area contributed by atoms with Crippen LogP contribution in [0.4, 0.5) is 0 Å². The molecule has 0 amide bonds. The number of unbranched alkanes of at least 4 members (excludes halogenated alkanes) is 2. The van der Waals surface area contributed by atoms with E-state index in [0.717, 1.165) is 44.9 Å². The third-order valence-electron chi connectivity index (χ3n) is 9.12. The van der Waals surface area contributed by atoms with E-state index in [2.05, 4.69) is 0 Å². The summed E-state index contributed by atoms with van der Waals surface area (Å²) in [5.41, 5.74) is -1.16. The SMILES string of the molecule is CC(=O)SCCCC(CCCSC(C)=O)(CCCSC(C)=O)C(=O)CCCCCC(=O)C(CCCSC(C)=O)(CCCSC(C)=O)CCCSC(C)=O. The molecule has 0 heterocycles. The third kappa shape index (κ3) is 27.7. The summed E-state index contributed by atoms with van der Waals surface area (Å²) in [6.45, 7) is 9.28. The first-order chi connectivity index (χ1) is 25.0. The summed E-state index contributed by atoms with van der Waals surface area (Å²) in [4.78, 5) is 97.8. The van der Waals surface area contributed by atoms with E-state index in [1.165, 1.54) is 70.6 Å². The lowest BCUT2D eigenvalue weighted by molar-refractivity contribution is -0.130. The van der Waals surface area contributed by atoms with E-state index >= 15 is 0 Å². The minimum Gasteiger partial charge on any atom is -0.299 e. The van der Waals surface area contributed by atoms with E-state index in [1.807, 2.05) is 0 Å². The van der Waals surface area contributed by atoms with Gasteiger partial charge in [-0.3, -0.25) is 38.4 Å². The van der Waals surface area contributed by atoms with Crippen molar-refractivity contribution >= 4 is 113 Å². The quantitative estimate of drug-likeness (QED) is 0.0594. The summed E-state index contributed by atoms with van der Waals surface area (Å²) in [5.74, 6) is 4.26. The maximum Gasteiger partial charge on any atom is 0.185 e. The van der Waals surface area contributed by atoms with Crippen LogP contribution in [0.3, 0.4) is 0 Å². The number of rotatable bonds is 32. The molecule has 0 aromatic carbocycles. The van der Waals surface area contributed by atoms with Gasteiger partial charge in [0.15, 0.2) is 30.7 Å². The molecule has 0 aliphatic rings. The van der Waals surface area contributed by atoms with Gasteiger partial charge in [0.2, 0.25) is 0 Å². The molecule has 0 aliphatic heterocycles. The lowest BCUT2D eigenvalue weighted by atomic mass is 9.70. The fraction of sp³-hybridized carbons (Fsp3) is 0.795. The van der Waals surface area contributed by atoms with Crippen LogP contribution in [0.2, 0.25) is 0 Å². The number of carbonyl (C=O) groups is 8. The van der Waals surface area contributed by atoms with Crippen molar-refractivity contribution in [3.05, 3.63) is 0 Å². The number of hydrogen-bond acceptors (Lipinski definition) is 14. The summed E-state index contributed by atoms with van der Waals surface area (Å²) in [6, 6.07) is 0. The van der Waals surface area contributed by atoms with Gasteiger partial charge in [-0.25, -0.2) is 0 Å². The molecule has 8 nitrogen and oxygen atoms in total. The Balaban J connectivity index is 5.80. The van der Waals surface area contributed by atoms with Crippen LogP contribution in [0.15, 0.2) is 0 Å². The molecule has 0 atom stereocenters. The first-order valence-corrected chi connectivity index (χ1v) is 24.8. The fourth-order valence-electron chi connectivity index (χ4n) is 6.62. The van der Waals surface area contributed by atoms with Gasteiger partial charge in [-0.1, -0.05) is 77.0 Å². The minimum absolute atomic E-state index is 0.0519. The van der Waals surface area contributed by atoms with E-state index in [9.17, 15) is 38.4 Å². The second-order valence-corrected chi connectivity index (χ2v) is 21.3. The van der Waals surface area contributed by atoms with Crippen LogP contribution in [-0.2, 0) is 38.4 Å². The van der Waals surface area contributed by atoms with Crippen LogP contribution in [0.5, 0.6) is 0 Å². The van der Waals surface area contributed by atoms with Crippen LogP contribution in [0.1, 0.15) is 151 Å².